The zero-order valence-corrected chi connectivity index (χ0v) is 17.8. The first-order chi connectivity index (χ1) is 13.8. The van der Waals surface area contributed by atoms with E-state index in [9.17, 15) is 9.59 Å². The number of rotatable bonds is 4. The Morgan fingerprint density at radius 2 is 1.72 bits per heavy atom. The van der Waals surface area contributed by atoms with E-state index < -0.39 is 0 Å². The maximum atomic E-state index is 13.3. The van der Waals surface area contributed by atoms with E-state index in [0.717, 1.165) is 37.9 Å². The summed E-state index contributed by atoms with van der Waals surface area (Å²) in [6.07, 6.45) is 6.31. The van der Waals surface area contributed by atoms with E-state index in [1.807, 2.05) is 56.9 Å². The van der Waals surface area contributed by atoms with Gasteiger partial charge >= 0.3 is 0 Å². The van der Waals surface area contributed by atoms with Gasteiger partial charge < -0.3 is 4.90 Å². The molecule has 0 N–H and O–H groups in total. The van der Waals surface area contributed by atoms with Crippen LogP contribution in [0.2, 0.25) is 0 Å². The number of hydrogen-bond donors (Lipinski definition) is 0. The smallest absolute Gasteiger partial charge is 0.261 e. The third-order valence-corrected chi connectivity index (χ3v) is 5.13. The van der Waals surface area contributed by atoms with Gasteiger partial charge in [0.2, 0.25) is 5.91 Å². The predicted molar refractivity (Wildman–Crippen MR) is 114 cm³/mol. The van der Waals surface area contributed by atoms with Crippen LogP contribution in [-0.2, 0) is 10.2 Å². The molecule has 2 heterocycles. The number of aromatic nitrogens is 2. The Balaban J connectivity index is 1.87. The summed E-state index contributed by atoms with van der Waals surface area (Å²) in [7, 11) is 0. The summed E-state index contributed by atoms with van der Waals surface area (Å²) in [6, 6.07) is 7.65. The zero-order chi connectivity index (χ0) is 21.0. The fourth-order valence-corrected chi connectivity index (χ4v) is 3.44. The first-order valence-electron chi connectivity index (χ1n) is 10.2. The standard InChI is InChI=1S/C23H30N4O2/c1-17-9-8-10-19(13-17)27(16-20(28)26-11-6-5-7-12-26)21(29)18-14-24-22(25-15-18)23(2,3)4/h8-10,13-15H,5-7,11-12,16H2,1-4H3. The molecule has 0 bridgehead atoms. The molecule has 0 atom stereocenters. The highest BCUT2D eigenvalue weighted by Gasteiger charge is 2.26. The van der Waals surface area contributed by atoms with Crippen LogP contribution in [0.5, 0.6) is 0 Å². The van der Waals surface area contributed by atoms with E-state index in [2.05, 4.69) is 9.97 Å². The number of benzene rings is 1. The highest BCUT2D eigenvalue weighted by molar-refractivity contribution is 6.08. The summed E-state index contributed by atoms with van der Waals surface area (Å²) in [6.45, 7) is 9.60. The lowest BCUT2D eigenvalue weighted by molar-refractivity contribution is -0.130. The third kappa shape index (κ3) is 5.19. The van der Waals surface area contributed by atoms with Crippen molar-refractivity contribution in [3.05, 3.63) is 53.6 Å². The lowest BCUT2D eigenvalue weighted by Gasteiger charge is -2.30. The van der Waals surface area contributed by atoms with Crippen molar-refractivity contribution < 1.29 is 9.59 Å². The van der Waals surface area contributed by atoms with Gasteiger partial charge in [0, 0.05) is 36.6 Å². The Hall–Kier alpha value is -2.76. The fourth-order valence-electron chi connectivity index (χ4n) is 3.44. The largest absolute Gasteiger partial charge is 0.341 e. The lowest BCUT2D eigenvalue weighted by Crippen LogP contribution is -2.45. The molecule has 0 spiro atoms. The summed E-state index contributed by atoms with van der Waals surface area (Å²) >= 11 is 0. The number of likely N-dealkylation sites (tertiary alicyclic amines) is 1. The van der Waals surface area contributed by atoms with Crippen LogP contribution >= 0.6 is 0 Å². The second kappa shape index (κ2) is 8.72. The van der Waals surface area contributed by atoms with Crippen molar-refractivity contribution in [3.63, 3.8) is 0 Å². The van der Waals surface area contributed by atoms with Crippen molar-refractivity contribution in [2.24, 2.45) is 0 Å². The molecule has 1 saturated heterocycles. The van der Waals surface area contributed by atoms with E-state index in [-0.39, 0.29) is 23.8 Å². The lowest BCUT2D eigenvalue weighted by atomic mass is 9.96. The van der Waals surface area contributed by atoms with Crippen LogP contribution in [-0.4, -0.2) is 46.3 Å². The second-order valence-corrected chi connectivity index (χ2v) is 8.72. The predicted octanol–water partition coefficient (Wildman–Crippen LogP) is 3.74. The van der Waals surface area contributed by atoms with Crippen molar-refractivity contribution in [3.8, 4) is 0 Å². The van der Waals surface area contributed by atoms with Gasteiger partial charge in [0.15, 0.2) is 0 Å². The van der Waals surface area contributed by atoms with Gasteiger partial charge in [-0.25, -0.2) is 9.97 Å². The van der Waals surface area contributed by atoms with Crippen LogP contribution in [0.1, 0.15) is 61.8 Å². The maximum Gasteiger partial charge on any atom is 0.261 e. The first-order valence-corrected chi connectivity index (χ1v) is 10.2. The topological polar surface area (TPSA) is 66.4 Å². The van der Waals surface area contributed by atoms with Gasteiger partial charge in [0.1, 0.15) is 12.4 Å². The highest BCUT2D eigenvalue weighted by Crippen LogP contribution is 2.21. The van der Waals surface area contributed by atoms with Crippen molar-refractivity contribution >= 4 is 17.5 Å². The maximum absolute atomic E-state index is 13.3. The van der Waals surface area contributed by atoms with Crippen LogP contribution < -0.4 is 4.90 Å². The molecule has 1 aliphatic heterocycles. The number of amides is 2. The molecule has 0 unspecified atom stereocenters. The third-order valence-electron chi connectivity index (χ3n) is 5.13. The molecular weight excluding hydrogens is 364 g/mol. The minimum absolute atomic E-state index is 0.0172. The molecule has 2 amide bonds. The molecule has 154 valence electrons. The van der Waals surface area contributed by atoms with E-state index in [1.54, 1.807) is 17.3 Å². The number of piperidine rings is 1. The van der Waals surface area contributed by atoms with Crippen LogP contribution in [0.15, 0.2) is 36.7 Å². The zero-order valence-electron chi connectivity index (χ0n) is 17.8. The molecule has 6 heteroatoms. The van der Waals surface area contributed by atoms with Crippen molar-refractivity contribution in [2.75, 3.05) is 24.5 Å². The van der Waals surface area contributed by atoms with Crippen LogP contribution in [0.4, 0.5) is 5.69 Å². The van der Waals surface area contributed by atoms with Gasteiger partial charge in [-0.3, -0.25) is 14.5 Å². The van der Waals surface area contributed by atoms with Gasteiger partial charge in [-0.15, -0.1) is 0 Å². The van der Waals surface area contributed by atoms with Crippen molar-refractivity contribution in [1.82, 2.24) is 14.9 Å². The molecule has 6 nitrogen and oxygen atoms in total. The Kier molecular flexibility index (Phi) is 6.30. The average Bonchev–Trinajstić information content (AvgIpc) is 2.71. The van der Waals surface area contributed by atoms with Gasteiger partial charge in [0.05, 0.1) is 5.56 Å². The van der Waals surface area contributed by atoms with E-state index in [0.29, 0.717) is 17.1 Å². The summed E-state index contributed by atoms with van der Waals surface area (Å²) in [5.74, 6) is 0.397. The fraction of sp³-hybridized carbons (Fsp3) is 0.478. The molecule has 1 fully saturated rings. The molecule has 1 aromatic heterocycles. The van der Waals surface area contributed by atoms with Crippen LogP contribution in [0, 0.1) is 6.92 Å². The molecule has 2 aromatic rings. The van der Waals surface area contributed by atoms with Gasteiger partial charge in [0.25, 0.3) is 5.91 Å². The molecule has 3 rings (SSSR count). The van der Waals surface area contributed by atoms with Gasteiger partial charge in [-0.05, 0) is 43.9 Å². The van der Waals surface area contributed by atoms with Gasteiger partial charge in [-0.1, -0.05) is 32.9 Å². The van der Waals surface area contributed by atoms with Crippen molar-refractivity contribution in [2.45, 2.75) is 52.4 Å². The van der Waals surface area contributed by atoms with Crippen LogP contribution in [0.3, 0.4) is 0 Å². The normalized spacial score (nSPS) is 14.6. The molecule has 1 aliphatic rings. The van der Waals surface area contributed by atoms with E-state index in [1.165, 1.54) is 0 Å². The summed E-state index contributed by atoms with van der Waals surface area (Å²) < 4.78 is 0. The number of hydrogen-bond acceptors (Lipinski definition) is 4. The molecule has 1 aromatic carbocycles. The minimum atomic E-state index is -0.263. The Bertz CT molecular complexity index is 865. The average molecular weight is 395 g/mol. The van der Waals surface area contributed by atoms with Crippen molar-refractivity contribution in [1.29, 1.82) is 0 Å². The molecular formula is C23H30N4O2. The number of carbonyl (C=O) groups is 2. The van der Waals surface area contributed by atoms with Crippen LogP contribution in [0.25, 0.3) is 0 Å². The first kappa shape index (κ1) is 21.0. The number of nitrogens with zero attached hydrogens (tertiary/aromatic N) is 4. The summed E-state index contributed by atoms with van der Waals surface area (Å²) in [4.78, 5) is 38.4. The second-order valence-electron chi connectivity index (χ2n) is 8.72. The number of aryl methyl sites for hydroxylation is 1. The Labute approximate surface area is 173 Å². The van der Waals surface area contributed by atoms with E-state index >= 15 is 0 Å². The molecule has 0 aliphatic carbocycles. The summed E-state index contributed by atoms with van der Waals surface area (Å²) in [5, 5.41) is 0. The SMILES string of the molecule is Cc1cccc(N(CC(=O)N2CCCCC2)C(=O)c2cnc(C(C)(C)C)nc2)c1. The number of carbonyl (C=O) groups excluding carboxylic acids is 2. The Morgan fingerprint density at radius 3 is 2.31 bits per heavy atom. The molecule has 29 heavy (non-hydrogen) atoms. The monoisotopic (exact) mass is 394 g/mol. The minimum Gasteiger partial charge on any atom is -0.341 e. The number of anilines is 1. The quantitative estimate of drug-likeness (QED) is 0.792. The molecule has 0 radical (unpaired) electrons. The van der Waals surface area contributed by atoms with Gasteiger partial charge in [-0.2, -0.15) is 0 Å². The Morgan fingerprint density at radius 1 is 1.07 bits per heavy atom. The highest BCUT2D eigenvalue weighted by atomic mass is 16.2. The van der Waals surface area contributed by atoms with E-state index in [4.69, 9.17) is 0 Å². The molecule has 0 saturated carbocycles. The summed E-state index contributed by atoms with van der Waals surface area (Å²) in [5.41, 5.74) is 1.93.